The van der Waals surface area contributed by atoms with E-state index in [0.717, 1.165) is 12.1 Å². The summed E-state index contributed by atoms with van der Waals surface area (Å²) in [6.07, 6.45) is 1.83. The second kappa shape index (κ2) is 3.54. The summed E-state index contributed by atoms with van der Waals surface area (Å²) in [5, 5.41) is 4.34. The van der Waals surface area contributed by atoms with Crippen molar-refractivity contribution in [3.05, 3.63) is 42.1 Å². The Morgan fingerprint density at radius 1 is 1.23 bits per heavy atom. The lowest BCUT2D eigenvalue weighted by Crippen LogP contribution is -2.05. The van der Waals surface area contributed by atoms with Gasteiger partial charge in [-0.15, -0.1) is 0 Å². The molecule has 66 valence electrons. The van der Waals surface area contributed by atoms with Crippen molar-refractivity contribution in [1.82, 2.24) is 10.3 Å². The summed E-state index contributed by atoms with van der Waals surface area (Å²) >= 11 is 0. The van der Waals surface area contributed by atoms with Crippen molar-refractivity contribution in [2.24, 2.45) is 0 Å². The predicted molar refractivity (Wildman–Crippen MR) is 54.5 cm³/mol. The lowest BCUT2D eigenvalue weighted by Gasteiger charge is -2.03. The summed E-state index contributed by atoms with van der Waals surface area (Å²) in [6.45, 7) is 0.869. The fourth-order valence-corrected chi connectivity index (χ4v) is 1.50. The van der Waals surface area contributed by atoms with E-state index >= 15 is 0 Å². The number of rotatable bonds is 2. The van der Waals surface area contributed by atoms with E-state index in [-0.39, 0.29) is 0 Å². The van der Waals surface area contributed by atoms with E-state index in [4.69, 9.17) is 0 Å². The molecule has 1 aromatic heterocycles. The average molecular weight is 172 g/mol. The normalized spacial score (nSPS) is 10.5. The number of fused-ring (bicyclic) bond motifs is 1. The summed E-state index contributed by atoms with van der Waals surface area (Å²) in [6, 6.07) is 10.3. The van der Waals surface area contributed by atoms with Crippen molar-refractivity contribution < 1.29 is 0 Å². The molecule has 0 radical (unpaired) electrons. The second-order valence-electron chi connectivity index (χ2n) is 3.02. The maximum atomic E-state index is 4.36. The Morgan fingerprint density at radius 3 is 2.92 bits per heavy atom. The van der Waals surface area contributed by atoms with Gasteiger partial charge in [0.25, 0.3) is 0 Å². The quantitative estimate of drug-likeness (QED) is 0.749. The first-order valence-corrected chi connectivity index (χ1v) is 4.39. The monoisotopic (exact) mass is 172 g/mol. The highest BCUT2D eigenvalue weighted by molar-refractivity contribution is 5.81. The summed E-state index contributed by atoms with van der Waals surface area (Å²) < 4.78 is 0. The van der Waals surface area contributed by atoms with Gasteiger partial charge in [-0.1, -0.05) is 24.3 Å². The van der Waals surface area contributed by atoms with Crippen molar-refractivity contribution in [1.29, 1.82) is 0 Å². The van der Waals surface area contributed by atoms with Crippen LogP contribution in [0, 0.1) is 0 Å². The van der Waals surface area contributed by atoms with Crippen LogP contribution >= 0.6 is 0 Å². The molecule has 0 spiro atoms. The van der Waals surface area contributed by atoms with Crippen LogP contribution in [0.3, 0.4) is 0 Å². The van der Waals surface area contributed by atoms with Crippen LogP contribution in [0.1, 0.15) is 5.56 Å². The van der Waals surface area contributed by atoms with Gasteiger partial charge in [0.2, 0.25) is 0 Å². The van der Waals surface area contributed by atoms with Gasteiger partial charge in [0.15, 0.2) is 0 Å². The van der Waals surface area contributed by atoms with E-state index in [1.165, 1.54) is 10.9 Å². The Hall–Kier alpha value is -1.41. The fourth-order valence-electron chi connectivity index (χ4n) is 1.50. The third-order valence-electron chi connectivity index (χ3n) is 2.08. The van der Waals surface area contributed by atoms with E-state index < -0.39 is 0 Å². The lowest BCUT2D eigenvalue weighted by molar-refractivity contribution is 0.822. The smallest absolute Gasteiger partial charge is 0.0746 e. The molecule has 13 heavy (non-hydrogen) atoms. The SMILES string of the molecule is CNCc1cccc2cccnc12. The second-order valence-corrected chi connectivity index (χ2v) is 3.02. The topological polar surface area (TPSA) is 24.9 Å². The number of hydrogen-bond donors (Lipinski definition) is 1. The highest BCUT2D eigenvalue weighted by Crippen LogP contribution is 2.15. The molecule has 2 nitrogen and oxygen atoms in total. The zero-order chi connectivity index (χ0) is 9.10. The summed E-state index contributed by atoms with van der Waals surface area (Å²) in [5.74, 6) is 0. The number of nitrogens with zero attached hydrogens (tertiary/aromatic N) is 1. The van der Waals surface area contributed by atoms with E-state index in [0.29, 0.717) is 0 Å². The number of nitrogens with one attached hydrogen (secondary N) is 1. The maximum Gasteiger partial charge on any atom is 0.0746 e. The molecule has 0 aliphatic rings. The minimum absolute atomic E-state index is 0.869. The van der Waals surface area contributed by atoms with Crippen LogP contribution in [0.15, 0.2) is 36.5 Å². The van der Waals surface area contributed by atoms with E-state index in [1.54, 1.807) is 0 Å². The van der Waals surface area contributed by atoms with Gasteiger partial charge in [-0.2, -0.15) is 0 Å². The molecule has 1 aromatic carbocycles. The highest BCUT2D eigenvalue weighted by atomic mass is 14.8. The van der Waals surface area contributed by atoms with Gasteiger partial charge in [-0.3, -0.25) is 4.98 Å². The average Bonchev–Trinajstić information content (AvgIpc) is 2.19. The van der Waals surface area contributed by atoms with Gasteiger partial charge in [-0.25, -0.2) is 0 Å². The van der Waals surface area contributed by atoms with Crippen molar-refractivity contribution in [2.75, 3.05) is 7.05 Å². The Bertz CT molecular complexity index is 404. The largest absolute Gasteiger partial charge is 0.316 e. The molecular formula is C11H12N2. The molecule has 0 atom stereocenters. The minimum atomic E-state index is 0.869. The Labute approximate surface area is 77.6 Å². The first-order valence-electron chi connectivity index (χ1n) is 4.39. The third-order valence-corrected chi connectivity index (χ3v) is 2.08. The number of benzene rings is 1. The Balaban J connectivity index is 2.61. The molecule has 0 saturated carbocycles. The molecule has 0 saturated heterocycles. The van der Waals surface area contributed by atoms with Crippen LogP contribution in [0.4, 0.5) is 0 Å². The van der Waals surface area contributed by atoms with E-state index in [1.807, 2.05) is 19.3 Å². The Kier molecular flexibility index (Phi) is 2.23. The molecular weight excluding hydrogens is 160 g/mol. The lowest BCUT2D eigenvalue weighted by atomic mass is 10.1. The zero-order valence-electron chi connectivity index (χ0n) is 7.62. The fraction of sp³-hybridized carbons (Fsp3) is 0.182. The standard InChI is InChI=1S/C11H12N2/c1-12-8-10-5-2-4-9-6-3-7-13-11(9)10/h2-7,12H,8H2,1H3. The minimum Gasteiger partial charge on any atom is -0.316 e. The molecule has 1 N–H and O–H groups in total. The van der Waals surface area contributed by atoms with E-state index in [9.17, 15) is 0 Å². The molecule has 2 aromatic rings. The van der Waals surface area contributed by atoms with Gasteiger partial charge in [0.05, 0.1) is 5.52 Å². The maximum absolute atomic E-state index is 4.36. The van der Waals surface area contributed by atoms with Crippen molar-refractivity contribution in [3.63, 3.8) is 0 Å². The summed E-state index contributed by atoms with van der Waals surface area (Å²) in [7, 11) is 1.95. The molecule has 0 bridgehead atoms. The van der Waals surface area contributed by atoms with Crippen molar-refractivity contribution >= 4 is 10.9 Å². The summed E-state index contributed by atoms with van der Waals surface area (Å²) in [5.41, 5.74) is 2.35. The van der Waals surface area contributed by atoms with Gasteiger partial charge in [-0.05, 0) is 18.7 Å². The van der Waals surface area contributed by atoms with Gasteiger partial charge < -0.3 is 5.32 Å². The van der Waals surface area contributed by atoms with Crippen LogP contribution < -0.4 is 5.32 Å². The number of para-hydroxylation sites is 1. The molecule has 1 heterocycles. The molecule has 2 heteroatoms. The highest BCUT2D eigenvalue weighted by Gasteiger charge is 1.98. The van der Waals surface area contributed by atoms with Crippen LogP contribution in [0.2, 0.25) is 0 Å². The van der Waals surface area contributed by atoms with Gasteiger partial charge in [0.1, 0.15) is 0 Å². The van der Waals surface area contributed by atoms with Crippen molar-refractivity contribution in [2.45, 2.75) is 6.54 Å². The number of aromatic nitrogens is 1. The van der Waals surface area contributed by atoms with Crippen LogP contribution in [0.5, 0.6) is 0 Å². The molecule has 2 rings (SSSR count). The van der Waals surface area contributed by atoms with Crippen molar-refractivity contribution in [3.8, 4) is 0 Å². The number of pyridine rings is 1. The van der Waals surface area contributed by atoms with E-state index in [2.05, 4.69) is 34.6 Å². The molecule has 0 fully saturated rings. The predicted octanol–water partition coefficient (Wildman–Crippen LogP) is 1.95. The third kappa shape index (κ3) is 1.53. The first kappa shape index (κ1) is 8.20. The van der Waals surface area contributed by atoms with Gasteiger partial charge >= 0.3 is 0 Å². The molecule has 0 aliphatic carbocycles. The Morgan fingerprint density at radius 2 is 2.08 bits per heavy atom. The van der Waals surface area contributed by atoms with Crippen LogP contribution in [0.25, 0.3) is 10.9 Å². The molecule has 0 amide bonds. The summed E-state index contributed by atoms with van der Waals surface area (Å²) in [4.78, 5) is 4.36. The molecule has 0 aliphatic heterocycles. The van der Waals surface area contributed by atoms with Crippen LogP contribution in [-0.2, 0) is 6.54 Å². The van der Waals surface area contributed by atoms with Crippen LogP contribution in [-0.4, -0.2) is 12.0 Å². The number of hydrogen-bond acceptors (Lipinski definition) is 2. The molecule has 0 unspecified atom stereocenters. The van der Waals surface area contributed by atoms with Gasteiger partial charge in [0, 0.05) is 18.1 Å². The zero-order valence-corrected chi connectivity index (χ0v) is 7.62. The first-order chi connectivity index (χ1) is 6.42.